The summed E-state index contributed by atoms with van der Waals surface area (Å²) < 4.78 is 17.3. The number of carbonyl (C=O) groups excluding carboxylic acids is 4. The van der Waals surface area contributed by atoms with Crippen LogP contribution < -0.4 is 30.9 Å². The van der Waals surface area contributed by atoms with Gasteiger partial charge in [0.05, 0.1) is 23.1 Å². The molecule has 0 bridgehead atoms. The van der Waals surface area contributed by atoms with Crippen LogP contribution in [0.25, 0.3) is 0 Å². The van der Waals surface area contributed by atoms with Crippen molar-refractivity contribution in [3.05, 3.63) is 120 Å². The Kier molecular flexibility index (Phi) is 18.2. The van der Waals surface area contributed by atoms with Crippen molar-refractivity contribution in [3.8, 4) is 11.5 Å². The van der Waals surface area contributed by atoms with Crippen LogP contribution in [0.2, 0.25) is 0 Å². The highest BCUT2D eigenvalue weighted by atomic mass is 33.7. The average Bonchev–Trinajstić information content (AvgIpc) is 3.26. The fraction of sp³-hybridized carbons (Fsp3) is 0.364. The van der Waals surface area contributed by atoms with Gasteiger partial charge in [-0.3, -0.25) is 9.59 Å². The summed E-state index contributed by atoms with van der Waals surface area (Å²) in [7, 11) is 3.34. The van der Waals surface area contributed by atoms with Crippen LogP contribution in [0.3, 0.4) is 0 Å². The number of hydrazine groups is 2. The van der Waals surface area contributed by atoms with Gasteiger partial charge in [0, 0.05) is 34.8 Å². The fourth-order valence-electron chi connectivity index (χ4n) is 6.31. The first-order valence-electron chi connectivity index (χ1n) is 20.2. The minimum Gasteiger partial charge on any atom is -0.497 e. The maximum Gasteiger partial charge on any atom is 0.427 e. The van der Waals surface area contributed by atoms with Crippen molar-refractivity contribution in [2.24, 2.45) is 11.8 Å². The lowest BCUT2D eigenvalue weighted by atomic mass is 10.1. The summed E-state index contributed by atoms with van der Waals surface area (Å²) in [5.41, 5.74) is 6.32. The number of nitrogens with one attached hydrogen (secondary N) is 2. The largest absolute Gasteiger partial charge is 0.497 e. The molecule has 0 aromatic heterocycles. The van der Waals surface area contributed by atoms with Gasteiger partial charge in [-0.05, 0) is 86.1 Å². The topological polar surface area (TPSA) is 136 Å². The van der Waals surface area contributed by atoms with Gasteiger partial charge < -0.3 is 18.9 Å². The van der Waals surface area contributed by atoms with Crippen LogP contribution in [0.4, 0.5) is 9.59 Å². The van der Waals surface area contributed by atoms with Gasteiger partial charge in [0.15, 0.2) is 0 Å². The van der Waals surface area contributed by atoms with Gasteiger partial charge in [-0.2, -0.15) is 0 Å². The van der Waals surface area contributed by atoms with Crippen molar-refractivity contribution < 1.29 is 38.1 Å². The summed E-state index contributed by atoms with van der Waals surface area (Å²) in [4.78, 5) is 47.8. The third-order valence-electron chi connectivity index (χ3n) is 9.62. The summed E-state index contributed by atoms with van der Waals surface area (Å²) in [6.07, 6.45) is 0.877. The summed E-state index contributed by atoms with van der Waals surface area (Å²) >= 11 is 15.5. The minimum atomic E-state index is -1.66. The number of carbonyl (C=O) groups is 4. The number of nitrogens with zero attached hydrogens (tertiary/aromatic N) is 2. The Hall–Kier alpha value is -4.04. The number of hydrogen-bond acceptors (Lipinski definition) is 12. The molecule has 0 saturated carbocycles. The third-order valence-corrected chi connectivity index (χ3v) is 40.9. The Labute approximate surface area is 382 Å². The van der Waals surface area contributed by atoms with E-state index >= 15 is 0 Å². The van der Waals surface area contributed by atoms with Crippen LogP contribution in [0, 0.1) is 11.8 Å². The molecule has 3 fully saturated rings. The predicted octanol–water partition coefficient (Wildman–Crippen LogP) is 10.0. The molecule has 0 spiro atoms. The van der Waals surface area contributed by atoms with E-state index < -0.39 is 33.3 Å². The van der Waals surface area contributed by atoms with Crippen LogP contribution in [0.1, 0.15) is 76.7 Å². The lowest BCUT2D eigenvalue weighted by molar-refractivity contribution is -0.150. The molecule has 2 unspecified atom stereocenters. The van der Waals surface area contributed by atoms with E-state index in [1.165, 1.54) is 20.6 Å². The molecule has 3 saturated heterocycles. The van der Waals surface area contributed by atoms with Gasteiger partial charge in [-0.1, -0.05) is 134 Å². The highest BCUT2D eigenvalue weighted by Gasteiger charge is 2.46. The number of benzene rings is 4. The predicted molar refractivity (Wildman–Crippen MR) is 258 cm³/mol. The van der Waals surface area contributed by atoms with Crippen molar-refractivity contribution in [1.82, 2.24) is 20.9 Å². The number of hydrogen-bond donors (Lipinski definition) is 2. The van der Waals surface area contributed by atoms with Crippen molar-refractivity contribution in [2.45, 2.75) is 65.6 Å². The fourth-order valence-corrected chi connectivity index (χ4v) is 48.6. The molecule has 4 aromatic rings. The number of ether oxygens (including phenoxy) is 4. The van der Waals surface area contributed by atoms with Gasteiger partial charge >= 0.3 is 12.2 Å². The molecule has 2 N–H and O–H groups in total. The highest BCUT2D eigenvalue weighted by molar-refractivity contribution is 9.48. The third kappa shape index (κ3) is 13.5. The lowest BCUT2D eigenvalue weighted by Crippen LogP contribution is -2.54. The first-order valence-corrected chi connectivity index (χ1v) is 29.9. The molecule has 3 aliphatic heterocycles. The summed E-state index contributed by atoms with van der Waals surface area (Å²) in [5, 5.41) is 5.16. The van der Waals surface area contributed by atoms with E-state index in [4.69, 9.17) is 42.6 Å². The van der Waals surface area contributed by atoms with E-state index in [0.717, 1.165) is 37.2 Å². The maximum absolute atomic E-state index is 12.3. The van der Waals surface area contributed by atoms with Gasteiger partial charge in [0.2, 0.25) is 12.2 Å². The molecule has 4 aromatic carbocycles. The van der Waals surface area contributed by atoms with Crippen molar-refractivity contribution in [2.75, 3.05) is 27.3 Å². The van der Waals surface area contributed by atoms with Crippen molar-refractivity contribution in [3.63, 3.8) is 0 Å². The van der Waals surface area contributed by atoms with Crippen LogP contribution in [-0.2, 0) is 42.7 Å². The van der Waals surface area contributed by atoms with Gasteiger partial charge in [0.25, 0.3) is 11.8 Å². The molecule has 332 valence electrons. The number of rotatable bonds is 14. The molecule has 3 heterocycles. The van der Waals surface area contributed by atoms with E-state index in [0.29, 0.717) is 36.1 Å². The molecule has 0 radical (unpaired) electrons. The monoisotopic (exact) mass is 956 g/mol. The summed E-state index contributed by atoms with van der Waals surface area (Å²) in [6, 6.07) is 34.3. The van der Waals surface area contributed by atoms with Gasteiger partial charge in [-0.25, -0.2) is 30.5 Å². The average molecular weight is 957 g/mol. The second-order valence-electron chi connectivity index (χ2n) is 15.2. The highest BCUT2D eigenvalue weighted by Crippen LogP contribution is 3.04. The van der Waals surface area contributed by atoms with E-state index in [-0.39, 0.29) is 11.8 Å². The van der Waals surface area contributed by atoms with Crippen LogP contribution in [0.15, 0.2) is 109 Å². The molecular formula is C44H54N4O8P2S4. The second-order valence-corrected chi connectivity index (χ2v) is 36.5. The van der Waals surface area contributed by atoms with E-state index in [9.17, 15) is 19.2 Å². The molecule has 7 rings (SSSR count). The Morgan fingerprint density at radius 1 is 0.581 bits per heavy atom. The lowest BCUT2D eigenvalue weighted by Gasteiger charge is -2.40. The molecule has 62 heavy (non-hydrogen) atoms. The minimum absolute atomic E-state index is 0.223. The number of cyclic esters (lactones) is 2. The molecule has 4 amide bonds. The molecule has 2 atom stereocenters. The van der Waals surface area contributed by atoms with Crippen molar-refractivity contribution in [1.29, 1.82) is 0 Å². The summed E-state index contributed by atoms with van der Waals surface area (Å²) in [5.74, 6) is 2.42. The Balaban J connectivity index is 0.000000176. The SMILES string of the molecule is CC(C)CCCN1NC(=O)OC(c2ccccc2)C1=O.CC(C)CCCN1NC(=O)OC(c2ccccc2)C1=O.COc1ccc(P2(=S)SP(=S)(c3ccc(OC)cc3)S2)cc1. The Morgan fingerprint density at radius 2 is 0.919 bits per heavy atom. The number of methoxy groups -OCH3 is 2. The number of amides is 4. The summed E-state index contributed by atoms with van der Waals surface area (Å²) in [6.45, 7) is 9.54. The van der Waals surface area contributed by atoms with Crippen molar-refractivity contribution >= 4 is 89.1 Å². The molecule has 18 heteroatoms. The van der Waals surface area contributed by atoms with E-state index in [1.54, 1.807) is 38.5 Å². The molecule has 12 nitrogen and oxygen atoms in total. The van der Waals surface area contributed by atoms with E-state index in [1.807, 2.05) is 82.7 Å². The standard InChI is InChI=1S/2C15H20N2O3.C14H14O2P2S4/c2*1-11(2)7-6-10-17-14(18)13(20-15(19)16-17)12-8-4-3-5-9-12;1-15-11-3-7-13(8-4-11)17(19)21-18(20,22-17)14-9-5-12(16-2)6-10-14/h2*3-5,8-9,11,13H,6-7,10H2,1-2H3,(H,16,19);3-10H,1-2H3. The maximum atomic E-state index is 12.3. The first kappa shape index (κ1) is 49.0. The molecule has 0 aliphatic carbocycles. The molecular weight excluding hydrogens is 903 g/mol. The second kappa shape index (κ2) is 23.1. The zero-order valence-corrected chi connectivity index (χ0v) is 40.7. The first-order chi connectivity index (χ1) is 29.6. The van der Waals surface area contributed by atoms with Gasteiger partial charge in [-0.15, -0.1) is 0 Å². The smallest absolute Gasteiger partial charge is 0.427 e. The quantitative estimate of drug-likeness (QED) is 0.117. The van der Waals surface area contributed by atoms with E-state index in [2.05, 4.69) is 62.8 Å². The molecule has 3 aliphatic rings. The van der Waals surface area contributed by atoms with Crippen LogP contribution >= 0.6 is 30.9 Å². The zero-order chi connectivity index (χ0) is 44.9. The van der Waals surface area contributed by atoms with Crippen LogP contribution in [0.5, 0.6) is 11.5 Å². The van der Waals surface area contributed by atoms with Gasteiger partial charge in [0.1, 0.15) is 11.5 Å². The van der Waals surface area contributed by atoms with Crippen LogP contribution in [-0.4, -0.2) is 61.3 Å². The normalized spacial score (nSPS) is 21.8. The zero-order valence-electron chi connectivity index (χ0n) is 35.6. The Bertz CT molecular complexity index is 2050. The Morgan fingerprint density at radius 3 is 1.23 bits per heavy atom.